The van der Waals surface area contributed by atoms with Crippen molar-refractivity contribution in [2.45, 2.75) is 46.7 Å². The van der Waals surface area contributed by atoms with Crippen molar-refractivity contribution in [1.82, 2.24) is 14.5 Å². The highest BCUT2D eigenvalue weighted by atomic mass is 35.5. The first-order valence-corrected chi connectivity index (χ1v) is 15.7. The molecule has 0 saturated heterocycles. The molecule has 0 aliphatic carbocycles. The molecule has 2 amide bonds. The molecule has 1 N–H and O–H groups in total. The lowest BCUT2D eigenvalue weighted by atomic mass is 10.0. The minimum Gasteiger partial charge on any atom is -0.354 e. The van der Waals surface area contributed by atoms with Crippen LogP contribution >= 0.6 is 11.6 Å². The van der Waals surface area contributed by atoms with Crippen molar-refractivity contribution in [3.05, 3.63) is 100 Å². The van der Waals surface area contributed by atoms with E-state index in [9.17, 15) is 18.0 Å². The number of nitrogens with one attached hydrogen (secondary N) is 1. The summed E-state index contributed by atoms with van der Waals surface area (Å²) in [6, 6.07) is 21.1. The Morgan fingerprint density at radius 2 is 1.57 bits per heavy atom. The summed E-state index contributed by atoms with van der Waals surface area (Å²) in [5.41, 5.74) is 3.56. The largest absolute Gasteiger partial charge is 0.354 e. The zero-order valence-corrected chi connectivity index (χ0v) is 26.7. The van der Waals surface area contributed by atoms with E-state index >= 15 is 0 Å². The summed E-state index contributed by atoms with van der Waals surface area (Å²) in [5, 5.41) is 3.48. The van der Waals surface area contributed by atoms with Crippen LogP contribution in [0.15, 0.2) is 72.8 Å². The first kappa shape index (κ1) is 33.1. The molecule has 0 aliphatic rings. The lowest BCUT2D eigenvalue weighted by molar-refractivity contribution is -0.140. The van der Waals surface area contributed by atoms with Crippen molar-refractivity contribution in [1.29, 1.82) is 0 Å². The van der Waals surface area contributed by atoms with Crippen molar-refractivity contribution < 1.29 is 18.0 Å². The van der Waals surface area contributed by atoms with Gasteiger partial charge in [0.05, 0.1) is 5.69 Å². The van der Waals surface area contributed by atoms with Crippen LogP contribution in [0, 0.1) is 19.8 Å². The summed E-state index contributed by atoms with van der Waals surface area (Å²) in [4.78, 5) is 29.6. The highest BCUT2D eigenvalue weighted by Crippen LogP contribution is 2.26. The number of aryl methyl sites for hydroxylation is 2. The number of amides is 2. The molecule has 0 spiro atoms. The van der Waals surface area contributed by atoms with Gasteiger partial charge < -0.3 is 10.2 Å². The molecular formula is C32H41ClN4O4S. The van der Waals surface area contributed by atoms with Gasteiger partial charge in [0.25, 0.3) is 0 Å². The van der Waals surface area contributed by atoms with Crippen molar-refractivity contribution >= 4 is 39.3 Å². The summed E-state index contributed by atoms with van der Waals surface area (Å²) in [6.07, 6.45) is 0.251. The molecule has 0 fully saturated rings. The Morgan fingerprint density at radius 1 is 0.905 bits per heavy atom. The monoisotopic (exact) mass is 612 g/mol. The molecule has 1 atom stereocenters. The minimum absolute atomic E-state index is 0.0641. The van der Waals surface area contributed by atoms with E-state index < -0.39 is 28.7 Å². The summed E-state index contributed by atoms with van der Waals surface area (Å²) >= 11 is 6.28. The molecule has 226 valence electrons. The predicted octanol–water partition coefficient (Wildman–Crippen LogP) is 4.98. The van der Waals surface area contributed by atoms with Crippen LogP contribution in [-0.4, -0.2) is 62.7 Å². The summed E-state index contributed by atoms with van der Waals surface area (Å²) in [6.45, 7) is 7.67. The van der Waals surface area contributed by atoms with Crippen LogP contribution in [0.3, 0.4) is 0 Å². The Labute approximate surface area is 255 Å². The number of hydrogen-bond donors (Lipinski definition) is 1. The molecule has 0 radical (unpaired) electrons. The van der Waals surface area contributed by atoms with E-state index in [-0.39, 0.29) is 24.8 Å². The smallest absolute Gasteiger partial charge is 0.304 e. The van der Waals surface area contributed by atoms with Crippen LogP contribution in [0.4, 0.5) is 5.69 Å². The van der Waals surface area contributed by atoms with Gasteiger partial charge in [-0.15, -0.1) is 0 Å². The molecule has 3 rings (SSSR count). The van der Waals surface area contributed by atoms with E-state index in [1.54, 1.807) is 31.2 Å². The maximum Gasteiger partial charge on any atom is 0.304 e. The molecule has 8 nitrogen and oxygen atoms in total. The molecule has 42 heavy (non-hydrogen) atoms. The number of benzene rings is 3. The van der Waals surface area contributed by atoms with E-state index in [0.717, 1.165) is 25.3 Å². The van der Waals surface area contributed by atoms with Crippen molar-refractivity contribution in [2.75, 3.05) is 31.5 Å². The highest BCUT2D eigenvalue weighted by molar-refractivity contribution is 7.90. The second kappa shape index (κ2) is 14.7. The molecule has 0 saturated carbocycles. The van der Waals surface area contributed by atoms with Gasteiger partial charge in [0, 0.05) is 38.6 Å². The topological polar surface area (TPSA) is 90.0 Å². The van der Waals surface area contributed by atoms with E-state index in [4.69, 9.17) is 11.6 Å². The predicted molar refractivity (Wildman–Crippen MR) is 170 cm³/mol. The van der Waals surface area contributed by atoms with Crippen molar-refractivity contribution in [3.8, 4) is 0 Å². The maximum atomic E-state index is 14.3. The average Bonchev–Trinajstić information content (AvgIpc) is 2.94. The second-order valence-corrected chi connectivity index (χ2v) is 13.6. The molecule has 0 heterocycles. The van der Waals surface area contributed by atoms with Gasteiger partial charge in [-0.05, 0) is 60.2 Å². The Hall–Kier alpha value is -3.40. The van der Waals surface area contributed by atoms with Gasteiger partial charge in [-0.1, -0.05) is 80.0 Å². The third-order valence-electron chi connectivity index (χ3n) is 6.85. The summed E-state index contributed by atoms with van der Waals surface area (Å²) in [7, 11) is -1.21. The number of rotatable bonds is 13. The number of halogens is 1. The zero-order chi connectivity index (χ0) is 31.0. The maximum absolute atomic E-state index is 14.3. The third kappa shape index (κ3) is 8.80. The van der Waals surface area contributed by atoms with Gasteiger partial charge in [0.2, 0.25) is 11.8 Å². The van der Waals surface area contributed by atoms with E-state index in [2.05, 4.69) is 5.32 Å². The van der Waals surface area contributed by atoms with Crippen LogP contribution in [0.1, 0.15) is 36.1 Å². The first-order chi connectivity index (χ1) is 19.8. The SMILES string of the molecule is Cc1ccc(C)c(N(CC(=O)N(Cc2cccc(Cl)c2)[C@H](Cc2ccccc2)C(=O)NCC(C)C)S(=O)(=O)N(C)C)c1. The van der Waals surface area contributed by atoms with E-state index in [0.29, 0.717) is 22.8 Å². The number of carbonyl (C=O) groups excluding carboxylic acids is 2. The lowest BCUT2D eigenvalue weighted by Crippen LogP contribution is -2.54. The molecule has 10 heteroatoms. The number of nitrogens with zero attached hydrogens (tertiary/aromatic N) is 3. The van der Waals surface area contributed by atoms with E-state index in [1.807, 2.05) is 69.3 Å². The lowest BCUT2D eigenvalue weighted by Gasteiger charge is -2.35. The Balaban J connectivity index is 2.12. The van der Waals surface area contributed by atoms with Gasteiger partial charge in [-0.25, -0.2) is 4.31 Å². The van der Waals surface area contributed by atoms with Crippen LogP contribution in [-0.2, 0) is 32.8 Å². The quantitative estimate of drug-likeness (QED) is 0.295. The molecule has 0 aliphatic heterocycles. The van der Waals surface area contributed by atoms with Crippen LogP contribution in [0.25, 0.3) is 0 Å². The first-order valence-electron chi connectivity index (χ1n) is 13.9. The van der Waals surface area contributed by atoms with Gasteiger partial charge in [0.15, 0.2) is 0 Å². The van der Waals surface area contributed by atoms with Gasteiger partial charge in [-0.2, -0.15) is 12.7 Å². The number of carbonyl (C=O) groups is 2. The van der Waals surface area contributed by atoms with Crippen LogP contribution in [0.2, 0.25) is 5.02 Å². The zero-order valence-electron chi connectivity index (χ0n) is 25.2. The number of anilines is 1. The number of hydrogen-bond acceptors (Lipinski definition) is 4. The molecule has 0 bridgehead atoms. The van der Waals surface area contributed by atoms with E-state index in [1.165, 1.54) is 19.0 Å². The van der Waals surface area contributed by atoms with Gasteiger partial charge >= 0.3 is 10.2 Å². The Bertz CT molecular complexity index is 1480. The second-order valence-electron chi connectivity index (χ2n) is 11.1. The van der Waals surface area contributed by atoms with Gasteiger partial charge in [0.1, 0.15) is 12.6 Å². The standard InChI is InChI=1S/C32H41ClN4O4S/c1-23(2)20-34-32(39)30(19-26-11-8-7-9-12-26)36(21-27-13-10-14-28(33)18-27)31(38)22-37(42(40,41)35(5)6)29-17-24(3)15-16-25(29)4/h7-18,23,30H,19-22H2,1-6H3,(H,34,39)/t30-/m1/s1. The minimum atomic E-state index is -4.07. The van der Waals surface area contributed by atoms with Crippen LogP contribution < -0.4 is 9.62 Å². The fourth-order valence-electron chi connectivity index (χ4n) is 4.50. The molecule has 0 aromatic heterocycles. The summed E-state index contributed by atoms with van der Waals surface area (Å²) in [5.74, 6) is -0.618. The third-order valence-corrected chi connectivity index (χ3v) is 8.89. The molecule has 0 unspecified atom stereocenters. The normalized spacial score (nSPS) is 12.3. The van der Waals surface area contributed by atoms with Crippen molar-refractivity contribution in [2.24, 2.45) is 5.92 Å². The average molecular weight is 613 g/mol. The fraction of sp³-hybridized carbons (Fsp3) is 0.375. The molecular weight excluding hydrogens is 572 g/mol. The summed E-state index contributed by atoms with van der Waals surface area (Å²) < 4.78 is 29.4. The fourth-order valence-corrected chi connectivity index (χ4v) is 5.82. The van der Waals surface area contributed by atoms with Crippen LogP contribution in [0.5, 0.6) is 0 Å². The molecule has 3 aromatic carbocycles. The Kier molecular flexibility index (Phi) is 11.6. The van der Waals surface area contributed by atoms with Crippen molar-refractivity contribution in [3.63, 3.8) is 0 Å². The van der Waals surface area contributed by atoms with Gasteiger partial charge in [-0.3, -0.25) is 9.59 Å². The Morgan fingerprint density at radius 3 is 2.19 bits per heavy atom. The highest BCUT2D eigenvalue weighted by Gasteiger charge is 2.35. The molecule has 3 aromatic rings.